The zero-order valence-corrected chi connectivity index (χ0v) is 8.08. The van der Waals surface area contributed by atoms with E-state index in [2.05, 4.69) is 15.6 Å². The molecule has 1 aliphatic carbocycles. The van der Waals surface area contributed by atoms with E-state index in [-0.39, 0.29) is 6.03 Å². The Kier molecular flexibility index (Phi) is 2.35. The van der Waals surface area contributed by atoms with Crippen LogP contribution in [0.3, 0.4) is 0 Å². The van der Waals surface area contributed by atoms with E-state index in [0.29, 0.717) is 6.04 Å². The molecule has 1 aromatic rings. The fraction of sp³-hybridized carbons (Fsp3) is 0.400. The number of nitrogens with one attached hydrogen (secondary N) is 2. The van der Waals surface area contributed by atoms with Crippen LogP contribution in [0.1, 0.15) is 18.4 Å². The van der Waals surface area contributed by atoms with E-state index < -0.39 is 0 Å². The highest BCUT2D eigenvalue weighted by atomic mass is 16.2. The number of rotatable bonds is 2. The molecule has 1 heterocycles. The molecule has 4 heteroatoms. The first kappa shape index (κ1) is 8.99. The maximum Gasteiger partial charge on any atom is 0.319 e. The van der Waals surface area contributed by atoms with Gasteiger partial charge in [-0.1, -0.05) is 0 Å². The molecule has 0 atom stereocenters. The van der Waals surface area contributed by atoms with E-state index in [1.54, 1.807) is 18.5 Å². The largest absolute Gasteiger partial charge is 0.335 e. The number of nitrogens with zero attached hydrogens (tertiary/aromatic N) is 1. The van der Waals surface area contributed by atoms with Crippen molar-refractivity contribution < 1.29 is 4.79 Å². The average molecular weight is 191 g/mol. The van der Waals surface area contributed by atoms with Crippen molar-refractivity contribution in [1.82, 2.24) is 10.3 Å². The quantitative estimate of drug-likeness (QED) is 0.747. The van der Waals surface area contributed by atoms with E-state index in [4.69, 9.17) is 0 Å². The third-order valence-electron chi connectivity index (χ3n) is 2.18. The van der Waals surface area contributed by atoms with Crippen molar-refractivity contribution in [2.24, 2.45) is 0 Å². The third-order valence-corrected chi connectivity index (χ3v) is 2.18. The first-order valence-corrected chi connectivity index (χ1v) is 4.74. The molecule has 14 heavy (non-hydrogen) atoms. The smallest absolute Gasteiger partial charge is 0.319 e. The molecule has 0 unspecified atom stereocenters. The summed E-state index contributed by atoms with van der Waals surface area (Å²) in [5.74, 6) is 0. The molecule has 1 fully saturated rings. The van der Waals surface area contributed by atoms with Gasteiger partial charge in [0.15, 0.2) is 0 Å². The van der Waals surface area contributed by atoms with Crippen molar-refractivity contribution >= 4 is 11.7 Å². The molecule has 2 rings (SSSR count). The van der Waals surface area contributed by atoms with Crippen LogP contribution in [-0.2, 0) is 0 Å². The van der Waals surface area contributed by atoms with Crippen LogP contribution in [0.5, 0.6) is 0 Å². The zero-order valence-electron chi connectivity index (χ0n) is 8.08. The lowest BCUT2D eigenvalue weighted by atomic mass is 10.2. The standard InChI is InChI=1S/C10H13N3O/c1-7-6-11-5-4-9(7)13-10(14)12-8-2-3-8/h4-6,8H,2-3H2,1H3,(H2,11,12,13,14). The molecule has 2 amide bonds. The van der Waals surface area contributed by atoms with Gasteiger partial charge in [-0.3, -0.25) is 4.98 Å². The number of hydrogen-bond acceptors (Lipinski definition) is 2. The predicted octanol–water partition coefficient (Wildman–Crippen LogP) is 1.67. The number of hydrogen-bond donors (Lipinski definition) is 2. The van der Waals surface area contributed by atoms with Crippen LogP contribution in [-0.4, -0.2) is 17.1 Å². The molecular weight excluding hydrogens is 178 g/mol. The van der Waals surface area contributed by atoms with Crippen molar-refractivity contribution in [2.75, 3.05) is 5.32 Å². The van der Waals surface area contributed by atoms with Crippen LogP contribution < -0.4 is 10.6 Å². The van der Waals surface area contributed by atoms with Gasteiger partial charge < -0.3 is 10.6 Å². The van der Waals surface area contributed by atoms with Gasteiger partial charge >= 0.3 is 6.03 Å². The molecule has 0 aliphatic heterocycles. The maximum absolute atomic E-state index is 11.4. The van der Waals surface area contributed by atoms with Gasteiger partial charge in [0, 0.05) is 24.1 Å². The normalized spacial score (nSPS) is 14.9. The van der Waals surface area contributed by atoms with Gasteiger partial charge in [-0.15, -0.1) is 0 Å². The summed E-state index contributed by atoms with van der Waals surface area (Å²) in [5.41, 5.74) is 1.79. The van der Waals surface area contributed by atoms with E-state index in [9.17, 15) is 4.79 Å². The molecule has 0 aromatic carbocycles. The Morgan fingerprint density at radius 3 is 3.00 bits per heavy atom. The Morgan fingerprint density at radius 2 is 2.36 bits per heavy atom. The number of aromatic nitrogens is 1. The Bertz CT molecular complexity index is 347. The summed E-state index contributed by atoms with van der Waals surface area (Å²) in [7, 11) is 0. The van der Waals surface area contributed by atoms with Crippen LogP contribution in [0.2, 0.25) is 0 Å². The van der Waals surface area contributed by atoms with E-state index in [1.165, 1.54) is 0 Å². The Morgan fingerprint density at radius 1 is 1.57 bits per heavy atom. The molecule has 1 aliphatic rings. The molecule has 0 saturated heterocycles. The maximum atomic E-state index is 11.4. The summed E-state index contributed by atoms with van der Waals surface area (Å²) in [6.45, 7) is 1.92. The number of carbonyl (C=O) groups excluding carboxylic acids is 1. The molecule has 0 radical (unpaired) electrons. The van der Waals surface area contributed by atoms with Crippen molar-refractivity contribution in [3.63, 3.8) is 0 Å². The fourth-order valence-electron chi connectivity index (χ4n) is 1.19. The summed E-state index contributed by atoms with van der Waals surface area (Å²) in [6, 6.07) is 2.06. The molecular formula is C10H13N3O. The van der Waals surface area contributed by atoms with Gasteiger partial charge in [-0.2, -0.15) is 0 Å². The van der Waals surface area contributed by atoms with Gasteiger partial charge in [0.05, 0.1) is 0 Å². The Labute approximate surface area is 82.7 Å². The second-order valence-corrected chi connectivity index (χ2v) is 3.56. The van der Waals surface area contributed by atoms with Gasteiger partial charge in [0.25, 0.3) is 0 Å². The first-order valence-electron chi connectivity index (χ1n) is 4.74. The minimum Gasteiger partial charge on any atom is -0.335 e. The number of pyridine rings is 1. The van der Waals surface area contributed by atoms with Gasteiger partial charge in [-0.05, 0) is 31.4 Å². The predicted molar refractivity (Wildman–Crippen MR) is 54.2 cm³/mol. The lowest BCUT2D eigenvalue weighted by molar-refractivity contribution is 0.251. The lowest BCUT2D eigenvalue weighted by Crippen LogP contribution is -2.30. The highest BCUT2D eigenvalue weighted by Gasteiger charge is 2.23. The van der Waals surface area contributed by atoms with Crippen LogP contribution in [0, 0.1) is 6.92 Å². The zero-order chi connectivity index (χ0) is 9.97. The van der Waals surface area contributed by atoms with Gasteiger partial charge in [-0.25, -0.2) is 4.79 Å². The van der Waals surface area contributed by atoms with Crippen LogP contribution in [0.15, 0.2) is 18.5 Å². The van der Waals surface area contributed by atoms with Crippen LogP contribution >= 0.6 is 0 Å². The van der Waals surface area contributed by atoms with Crippen molar-refractivity contribution in [3.05, 3.63) is 24.0 Å². The highest BCUT2D eigenvalue weighted by molar-refractivity contribution is 5.90. The molecule has 0 bridgehead atoms. The summed E-state index contributed by atoms with van der Waals surface area (Å²) >= 11 is 0. The lowest BCUT2D eigenvalue weighted by Gasteiger charge is -2.08. The van der Waals surface area contributed by atoms with E-state index in [0.717, 1.165) is 24.1 Å². The number of amides is 2. The van der Waals surface area contributed by atoms with E-state index >= 15 is 0 Å². The highest BCUT2D eigenvalue weighted by Crippen LogP contribution is 2.19. The Hall–Kier alpha value is -1.58. The average Bonchev–Trinajstić information content (AvgIpc) is 2.93. The summed E-state index contributed by atoms with van der Waals surface area (Å²) < 4.78 is 0. The van der Waals surface area contributed by atoms with Crippen molar-refractivity contribution in [1.29, 1.82) is 0 Å². The second-order valence-electron chi connectivity index (χ2n) is 3.56. The molecule has 1 aromatic heterocycles. The fourth-order valence-corrected chi connectivity index (χ4v) is 1.19. The second kappa shape index (κ2) is 3.65. The number of carbonyl (C=O) groups is 1. The molecule has 74 valence electrons. The monoisotopic (exact) mass is 191 g/mol. The SMILES string of the molecule is Cc1cnccc1NC(=O)NC1CC1. The van der Waals surface area contributed by atoms with Crippen molar-refractivity contribution in [2.45, 2.75) is 25.8 Å². The topological polar surface area (TPSA) is 54.0 Å². The van der Waals surface area contributed by atoms with Crippen LogP contribution in [0.25, 0.3) is 0 Å². The summed E-state index contributed by atoms with van der Waals surface area (Å²) in [4.78, 5) is 15.3. The molecule has 0 spiro atoms. The number of anilines is 1. The first-order chi connectivity index (χ1) is 6.75. The summed E-state index contributed by atoms with van der Waals surface area (Å²) in [6.07, 6.45) is 5.60. The van der Waals surface area contributed by atoms with Gasteiger partial charge in [0.1, 0.15) is 0 Å². The van der Waals surface area contributed by atoms with Crippen LogP contribution in [0.4, 0.5) is 10.5 Å². The number of urea groups is 1. The van der Waals surface area contributed by atoms with E-state index in [1.807, 2.05) is 6.92 Å². The Balaban J connectivity index is 1.95. The molecule has 2 N–H and O–H groups in total. The van der Waals surface area contributed by atoms with Gasteiger partial charge in [0.2, 0.25) is 0 Å². The molecule has 1 saturated carbocycles. The van der Waals surface area contributed by atoms with Crippen molar-refractivity contribution in [3.8, 4) is 0 Å². The number of aryl methyl sites for hydroxylation is 1. The minimum atomic E-state index is -0.123. The summed E-state index contributed by atoms with van der Waals surface area (Å²) in [5, 5.41) is 5.65. The minimum absolute atomic E-state index is 0.123. The molecule has 4 nitrogen and oxygen atoms in total. The third kappa shape index (κ3) is 2.22.